The van der Waals surface area contributed by atoms with E-state index in [4.69, 9.17) is 29.3 Å². The third-order valence-electron chi connectivity index (χ3n) is 7.41. The molecule has 1 aromatic rings. The lowest BCUT2D eigenvalue weighted by atomic mass is 9.78. The van der Waals surface area contributed by atoms with Crippen molar-refractivity contribution in [2.75, 3.05) is 46.1 Å². The van der Waals surface area contributed by atoms with Gasteiger partial charge in [-0.2, -0.15) is 0 Å². The number of carbonyl (C=O) groups excluding carboxylic acids is 1. The Kier molecular flexibility index (Phi) is 8.46. The smallest absolute Gasteiger partial charge is 0.414 e. The minimum atomic E-state index is -1.82. The SMILES string of the molecule is O=C(CN1CCN(Cc2ccc3c(c2)OCO3)CC1)N1CCCC2CCCCC21.O=C(O)C(=O)O. The molecule has 0 aromatic heterocycles. The predicted octanol–water partition coefficient (Wildman–Crippen LogP) is 1.87. The van der Waals surface area contributed by atoms with Crippen LogP contribution in [-0.2, 0) is 20.9 Å². The fourth-order valence-corrected chi connectivity index (χ4v) is 5.62. The number of nitrogens with zero attached hydrogens (tertiary/aromatic N) is 3. The predicted molar refractivity (Wildman–Crippen MR) is 126 cm³/mol. The molecule has 0 radical (unpaired) electrons. The molecule has 1 saturated carbocycles. The Bertz CT molecular complexity index is 902. The summed E-state index contributed by atoms with van der Waals surface area (Å²) in [5.41, 5.74) is 1.26. The van der Waals surface area contributed by atoms with Crippen molar-refractivity contribution in [1.82, 2.24) is 14.7 Å². The number of carboxylic acid groups (broad SMARTS) is 2. The molecule has 3 fully saturated rings. The van der Waals surface area contributed by atoms with Crippen molar-refractivity contribution in [2.24, 2.45) is 5.92 Å². The van der Waals surface area contributed by atoms with Gasteiger partial charge in [0.2, 0.25) is 12.7 Å². The maximum atomic E-state index is 13.0. The molecule has 1 amide bonds. The van der Waals surface area contributed by atoms with E-state index in [0.717, 1.165) is 56.7 Å². The van der Waals surface area contributed by atoms with E-state index in [-0.39, 0.29) is 0 Å². The van der Waals surface area contributed by atoms with E-state index in [2.05, 4.69) is 26.8 Å². The van der Waals surface area contributed by atoms with E-state index in [1.54, 1.807) is 0 Å². The lowest BCUT2D eigenvalue weighted by Gasteiger charge is -2.45. The maximum Gasteiger partial charge on any atom is 0.414 e. The van der Waals surface area contributed by atoms with Gasteiger partial charge in [0.25, 0.3) is 0 Å². The number of likely N-dealkylation sites (tertiary alicyclic amines) is 1. The normalized spacial score (nSPS) is 24.2. The summed E-state index contributed by atoms with van der Waals surface area (Å²) >= 11 is 0. The molecule has 10 nitrogen and oxygen atoms in total. The van der Waals surface area contributed by atoms with E-state index in [0.29, 0.717) is 25.3 Å². The van der Waals surface area contributed by atoms with Crippen LogP contribution in [0.5, 0.6) is 11.5 Å². The van der Waals surface area contributed by atoms with Crippen molar-refractivity contribution in [3.8, 4) is 11.5 Å². The molecule has 10 heteroatoms. The zero-order valence-electron chi connectivity index (χ0n) is 20.1. The molecule has 1 aliphatic carbocycles. The molecule has 35 heavy (non-hydrogen) atoms. The first-order valence-corrected chi connectivity index (χ1v) is 12.5. The number of hydrogen-bond acceptors (Lipinski definition) is 7. The second-order valence-corrected chi connectivity index (χ2v) is 9.69. The summed E-state index contributed by atoms with van der Waals surface area (Å²) in [5.74, 6) is -0.819. The number of aliphatic carboxylic acids is 2. The standard InChI is InChI=1S/C23H33N3O3.C2H2O4/c27-23(26-9-3-5-19-4-1-2-6-20(19)26)16-25-12-10-24(11-13-25)15-18-7-8-21-22(14-18)29-17-28-21;3-1(4)2(5)6/h7-8,14,19-20H,1-6,9-13,15-17H2;(H,3,4)(H,5,6). The number of piperazine rings is 1. The minimum absolute atomic E-state index is 0.324. The number of rotatable bonds is 4. The molecule has 2 atom stereocenters. The van der Waals surface area contributed by atoms with Crippen LogP contribution in [0.15, 0.2) is 18.2 Å². The largest absolute Gasteiger partial charge is 0.473 e. The van der Waals surface area contributed by atoms with Crippen molar-refractivity contribution in [3.05, 3.63) is 23.8 Å². The van der Waals surface area contributed by atoms with Crippen molar-refractivity contribution in [1.29, 1.82) is 0 Å². The van der Waals surface area contributed by atoms with Gasteiger partial charge in [0, 0.05) is 45.3 Å². The molecule has 3 aliphatic heterocycles. The van der Waals surface area contributed by atoms with E-state index in [1.807, 2.05) is 6.07 Å². The Morgan fingerprint density at radius 2 is 1.49 bits per heavy atom. The summed E-state index contributed by atoms with van der Waals surface area (Å²) in [7, 11) is 0. The highest BCUT2D eigenvalue weighted by atomic mass is 16.7. The number of piperidine rings is 1. The quantitative estimate of drug-likeness (QED) is 0.611. The van der Waals surface area contributed by atoms with Crippen molar-refractivity contribution >= 4 is 17.8 Å². The summed E-state index contributed by atoms with van der Waals surface area (Å²) in [6.45, 7) is 6.78. The van der Waals surface area contributed by atoms with Crippen molar-refractivity contribution in [2.45, 2.75) is 51.1 Å². The van der Waals surface area contributed by atoms with Crippen LogP contribution in [0, 0.1) is 5.92 Å². The van der Waals surface area contributed by atoms with Gasteiger partial charge < -0.3 is 24.6 Å². The molecule has 192 valence electrons. The van der Waals surface area contributed by atoms with Crippen LogP contribution in [0.1, 0.15) is 44.1 Å². The van der Waals surface area contributed by atoms with E-state index >= 15 is 0 Å². The topological polar surface area (TPSA) is 120 Å². The number of carbonyl (C=O) groups is 3. The third-order valence-corrected chi connectivity index (χ3v) is 7.41. The summed E-state index contributed by atoms with van der Waals surface area (Å²) in [4.78, 5) is 38.3. The Balaban J connectivity index is 0.000000431. The summed E-state index contributed by atoms with van der Waals surface area (Å²) < 4.78 is 10.9. The monoisotopic (exact) mass is 489 g/mol. The van der Waals surface area contributed by atoms with Gasteiger partial charge in [0.1, 0.15) is 0 Å². The number of hydrogen-bond donors (Lipinski definition) is 2. The molecular weight excluding hydrogens is 454 g/mol. The molecule has 1 aromatic carbocycles. The van der Waals surface area contributed by atoms with Crippen LogP contribution in [0.3, 0.4) is 0 Å². The van der Waals surface area contributed by atoms with Gasteiger partial charge in [-0.25, -0.2) is 9.59 Å². The first kappa shape index (κ1) is 25.2. The molecule has 5 rings (SSSR count). The minimum Gasteiger partial charge on any atom is -0.473 e. The fraction of sp³-hybridized carbons (Fsp3) is 0.640. The zero-order chi connectivity index (χ0) is 24.8. The van der Waals surface area contributed by atoms with E-state index in [1.165, 1.54) is 44.1 Å². The summed E-state index contributed by atoms with van der Waals surface area (Å²) in [5, 5.41) is 14.8. The van der Waals surface area contributed by atoms with Gasteiger partial charge in [-0.15, -0.1) is 0 Å². The van der Waals surface area contributed by atoms with Crippen LogP contribution in [0.25, 0.3) is 0 Å². The Morgan fingerprint density at radius 3 is 2.23 bits per heavy atom. The number of ether oxygens (including phenoxy) is 2. The van der Waals surface area contributed by atoms with Crippen molar-refractivity contribution in [3.63, 3.8) is 0 Å². The van der Waals surface area contributed by atoms with Crippen LogP contribution in [0.2, 0.25) is 0 Å². The Labute approximate surface area is 205 Å². The second kappa shape index (κ2) is 11.7. The lowest BCUT2D eigenvalue weighted by molar-refractivity contribution is -0.159. The average molecular weight is 490 g/mol. The fourth-order valence-electron chi connectivity index (χ4n) is 5.62. The number of benzene rings is 1. The van der Waals surface area contributed by atoms with Gasteiger partial charge in [-0.05, 0) is 49.3 Å². The highest BCUT2D eigenvalue weighted by molar-refractivity contribution is 6.27. The first-order valence-electron chi connectivity index (χ1n) is 12.5. The van der Waals surface area contributed by atoms with E-state index < -0.39 is 11.9 Å². The van der Waals surface area contributed by atoms with Gasteiger partial charge in [0.05, 0.1) is 6.54 Å². The van der Waals surface area contributed by atoms with Gasteiger partial charge in [-0.3, -0.25) is 14.6 Å². The van der Waals surface area contributed by atoms with Crippen LogP contribution >= 0.6 is 0 Å². The molecule has 3 heterocycles. The number of carboxylic acids is 2. The van der Waals surface area contributed by atoms with Crippen LogP contribution in [-0.4, -0.2) is 94.9 Å². The summed E-state index contributed by atoms with van der Waals surface area (Å²) in [6, 6.07) is 6.75. The van der Waals surface area contributed by atoms with Crippen LogP contribution in [0.4, 0.5) is 0 Å². The molecule has 2 saturated heterocycles. The number of fused-ring (bicyclic) bond motifs is 2. The van der Waals surface area contributed by atoms with Gasteiger partial charge in [0.15, 0.2) is 11.5 Å². The highest BCUT2D eigenvalue weighted by Crippen LogP contribution is 2.35. The number of amides is 1. The Hall–Kier alpha value is -2.85. The first-order chi connectivity index (χ1) is 16.9. The van der Waals surface area contributed by atoms with Crippen molar-refractivity contribution < 1.29 is 34.1 Å². The van der Waals surface area contributed by atoms with Gasteiger partial charge in [-0.1, -0.05) is 18.9 Å². The third kappa shape index (κ3) is 6.64. The average Bonchev–Trinajstić information content (AvgIpc) is 3.33. The summed E-state index contributed by atoms with van der Waals surface area (Å²) in [6.07, 6.45) is 7.72. The zero-order valence-corrected chi connectivity index (χ0v) is 20.1. The highest BCUT2D eigenvalue weighted by Gasteiger charge is 2.36. The van der Waals surface area contributed by atoms with Gasteiger partial charge >= 0.3 is 11.9 Å². The Morgan fingerprint density at radius 1 is 0.829 bits per heavy atom. The molecule has 0 bridgehead atoms. The molecule has 2 N–H and O–H groups in total. The molecule has 2 unspecified atom stereocenters. The molecular formula is C25H35N3O7. The molecule has 0 spiro atoms. The van der Waals surface area contributed by atoms with Crippen LogP contribution < -0.4 is 9.47 Å². The molecule has 4 aliphatic rings. The lowest BCUT2D eigenvalue weighted by Crippen LogP contribution is -2.54. The maximum absolute atomic E-state index is 13.0. The second-order valence-electron chi connectivity index (χ2n) is 9.69. The van der Waals surface area contributed by atoms with E-state index in [9.17, 15) is 4.79 Å².